The van der Waals surface area contributed by atoms with Crippen molar-refractivity contribution in [3.63, 3.8) is 0 Å². The van der Waals surface area contributed by atoms with Gasteiger partial charge in [-0.05, 0) is 19.9 Å². The van der Waals surface area contributed by atoms with Crippen molar-refractivity contribution in [1.29, 1.82) is 5.26 Å². The molecule has 1 aromatic rings. The first-order valence-corrected chi connectivity index (χ1v) is 7.36. The Morgan fingerprint density at radius 3 is 2.83 bits per heavy atom. The molecule has 0 aromatic heterocycles. The number of benzene rings is 1. The lowest BCUT2D eigenvalue weighted by atomic mass is 9.68. The highest BCUT2D eigenvalue weighted by Crippen LogP contribution is 2.51. The number of hydrogen-bond donors (Lipinski definition) is 2. The maximum atomic E-state index is 12.9. The number of anilines is 1. The zero-order chi connectivity index (χ0) is 17.5. The molecule has 7 nitrogen and oxygen atoms in total. The molecule has 1 aromatic carbocycles. The van der Waals surface area contributed by atoms with E-state index >= 15 is 0 Å². The van der Waals surface area contributed by atoms with Crippen LogP contribution in [0.25, 0.3) is 0 Å². The van der Waals surface area contributed by atoms with Crippen molar-refractivity contribution < 1.29 is 19.1 Å². The zero-order valence-electron chi connectivity index (χ0n) is 13.2. The number of nitrogens with zero attached hydrogens (tertiary/aromatic N) is 1. The van der Waals surface area contributed by atoms with Gasteiger partial charge in [-0.25, -0.2) is 4.79 Å². The first kappa shape index (κ1) is 15.6. The van der Waals surface area contributed by atoms with Crippen LogP contribution in [0.3, 0.4) is 0 Å². The van der Waals surface area contributed by atoms with Gasteiger partial charge < -0.3 is 20.5 Å². The van der Waals surface area contributed by atoms with Gasteiger partial charge in [0.1, 0.15) is 23.0 Å². The van der Waals surface area contributed by atoms with E-state index in [2.05, 4.69) is 5.32 Å². The Hall–Kier alpha value is -3.27. The smallest absolute Gasteiger partial charge is 0.339 e. The SMILES string of the molecule is CCOC(=O)C1=C(C)OC(N)=C(C#N)[C@@]12C(=O)Nc1ccccc12. The van der Waals surface area contributed by atoms with Crippen molar-refractivity contribution in [2.75, 3.05) is 11.9 Å². The molecule has 0 aliphatic carbocycles. The van der Waals surface area contributed by atoms with Crippen LogP contribution >= 0.6 is 0 Å². The van der Waals surface area contributed by atoms with Crippen LogP contribution in [0.2, 0.25) is 0 Å². The fourth-order valence-corrected chi connectivity index (χ4v) is 3.23. The van der Waals surface area contributed by atoms with E-state index in [1.54, 1.807) is 31.2 Å². The molecule has 3 N–H and O–H groups in total. The summed E-state index contributed by atoms with van der Waals surface area (Å²) in [5.74, 6) is -1.32. The van der Waals surface area contributed by atoms with E-state index in [1.165, 1.54) is 6.92 Å². The summed E-state index contributed by atoms with van der Waals surface area (Å²) in [6, 6.07) is 8.77. The Kier molecular flexibility index (Phi) is 3.53. The number of rotatable bonds is 2. The third-order valence-corrected chi connectivity index (χ3v) is 4.12. The lowest BCUT2D eigenvalue weighted by Gasteiger charge is -2.33. The second-order valence-corrected chi connectivity index (χ2v) is 5.35. The molecule has 0 saturated heterocycles. The molecule has 2 aliphatic heterocycles. The Balaban J connectivity index is 2.39. The quantitative estimate of drug-likeness (QED) is 0.795. The third-order valence-electron chi connectivity index (χ3n) is 4.12. The summed E-state index contributed by atoms with van der Waals surface area (Å²) in [5.41, 5.74) is 5.03. The predicted octanol–water partition coefficient (Wildman–Crippen LogP) is 1.44. The largest absolute Gasteiger partial charge is 0.462 e. The van der Waals surface area contributed by atoms with Gasteiger partial charge in [0.05, 0.1) is 6.61 Å². The number of nitriles is 1. The van der Waals surface area contributed by atoms with Crippen molar-refractivity contribution in [3.05, 3.63) is 52.6 Å². The topological polar surface area (TPSA) is 114 Å². The molecule has 0 bridgehead atoms. The number of carbonyl (C=O) groups is 2. The highest BCUT2D eigenvalue weighted by molar-refractivity contribution is 6.17. The van der Waals surface area contributed by atoms with Crippen LogP contribution in [0.15, 0.2) is 47.1 Å². The summed E-state index contributed by atoms with van der Waals surface area (Å²) in [4.78, 5) is 25.5. The van der Waals surface area contributed by atoms with Gasteiger partial charge in [-0.1, -0.05) is 18.2 Å². The molecule has 0 saturated carbocycles. The van der Waals surface area contributed by atoms with Crippen LogP contribution in [0, 0.1) is 11.3 Å². The summed E-state index contributed by atoms with van der Waals surface area (Å²) in [7, 11) is 0. The first-order chi connectivity index (χ1) is 11.5. The van der Waals surface area contributed by atoms with E-state index in [4.69, 9.17) is 15.2 Å². The van der Waals surface area contributed by atoms with Crippen LogP contribution < -0.4 is 11.1 Å². The summed E-state index contributed by atoms with van der Waals surface area (Å²) < 4.78 is 10.5. The monoisotopic (exact) mass is 325 g/mol. The number of fused-ring (bicyclic) bond motifs is 2. The minimum atomic E-state index is -1.66. The van der Waals surface area contributed by atoms with E-state index in [0.29, 0.717) is 11.3 Å². The predicted molar refractivity (Wildman–Crippen MR) is 84.0 cm³/mol. The van der Waals surface area contributed by atoms with Gasteiger partial charge >= 0.3 is 5.97 Å². The zero-order valence-corrected chi connectivity index (χ0v) is 13.2. The van der Waals surface area contributed by atoms with Gasteiger partial charge in [0, 0.05) is 11.3 Å². The van der Waals surface area contributed by atoms with Crippen LogP contribution in [0.4, 0.5) is 5.69 Å². The summed E-state index contributed by atoms with van der Waals surface area (Å²) in [6.45, 7) is 3.29. The molecule has 1 amide bonds. The van der Waals surface area contributed by atoms with Gasteiger partial charge in [0.2, 0.25) is 11.8 Å². The number of esters is 1. The number of allylic oxidation sites excluding steroid dienone is 1. The normalized spacial score (nSPS) is 22.0. The lowest BCUT2D eigenvalue weighted by Crippen LogP contribution is -2.45. The number of nitrogens with one attached hydrogen (secondary N) is 1. The number of nitrogens with two attached hydrogens (primary N) is 1. The first-order valence-electron chi connectivity index (χ1n) is 7.36. The molecular formula is C17H15N3O4. The Morgan fingerprint density at radius 1 is 1.46 bits per heavy atom. The summed E-state index contributed by atoms with van der Waals surface area (Å²) in [5, 5.41) is 12.3. The van der Waals surface area contributed by atoms with Gasteiger partial charge in [-0.2, -0.15) is 5.26 Å². The van der Waals surface area contributed by atoms with Gasteiger partial charge in [-0.15, -0.1) is 0 Å². The fourth-order valence-electron chi connectivity index (χ4n) is 3.23. The van der Waals surface area contributed by atoms with Crippen LogP contribution in [-0.4, -0.2) is 18.5 Å². The van der Waals surface area contributed by atoms with Crippen LogP contribution in [0.1, 0.15) is 19.4 Å². The molecular weight excluding hydrogens is 310 g/mol. The molecule has 0 radical (unpaired) electrons. The Labute approximate surface area is 138 Å². The van der Waals surface area contributed by atoms with Crippen molar-refractivity contribution in [3.8, 4) is 6.07 Å². The number of hydrogen-bond acceptors (Lipinski definition) is 6. The second-order valence-electron chi connectivity index (χ2n) is 5.35. The lowest BCUT2D eigenvalue weighted by molar-refractivity contribution is -0.140. The van der Waals surface area contributed by atoms with Crippen molar-refractivity contribution >= 4 is 17.6 Å². The molecule has 2 heterocycles. The molecule has 2 aliphatic rings. The van der Waals surface area contributed by atoms with Crippen molar-refractivity contribution in [2.24, 2.45) is 5.73 Å². The fraction of sp³-hybridized carbons (Fsp3) is 0.235. The Bertz CT molecular complexity index is 863. The van der Waals surface area contributed by atoms with Crippen molar-refractivity contribution in [1.82, 2.24) is 0 Å². The highest BCUT2D eigenvalue weighted by atomic mass is 16.5. The number of para-hydroxylation sites is 1. The molecule has 24 heavy (non-hydrogen) atoms. The maximum absolute atomic E-state index is 12.9. The van der Waals surface area contributed by atoms with Crippen molar-refractivity contribution in [2.45, 2.75) is 19.3 Å². The molecule has 122 valence electrons. The average molecular weight is 325 g/mol. The van der Waals surface area contributed by atoms with Crippen LogP contribution in [-0.2, 0) is 24.5 Å². The van der Waals surface area contributed by atoms with Gasteiger partial charge in [0.25, 0.3) is 0 Å². The standard InChI is InChI=1S/C17H15N3O4/c1-3-23-15(21)13-9(2)24-14(19)11(8-18)17(13)10-6-4-5-7-12(10)20-16(17)22/h4-7H,3,19H2,1-2H3,(H,20,22)/t17-/m1/s1. The van der Waals surface area contributed by atoms with Gasteiger partial charge in [0.15, 0.2) is 5.41 Å². The third kappa shape index (κ3) is 1.83. The minimum Gasteiger partial charge on any atom is -0.462 e. The maximum Gasteiger partial charge on any atom is 0.339 e. The second kappa shape index (κ2) is 5.42. The Morgan fingerprint density at radius 2 is 2.17 bits per heavy atom. The number of amides is 1. The minimum absolute atomic E-state index is 0.0300. The van der Waals surface area contributed by atoms with E-state index in [0.717, 1.165) is 0 Å². The average Bonchev–Trinajstić information content (AvgIpc) is 2.81. The van der Waals surface area contributed by atoms with Crippen LogP contribution in [0.5, 0.6) is 0 Å². The van der Waals surface area contributed by atoms with E-state index < -0.39 is 17.3 Å². The molecule has 0 unspecified atom stereocenters. The molecule has 0 fully saturated rings. The number of ether oxygens (including phenoxy) is 2. The molecule has 1 spiro atoms. The van der Waals surface area contributed by atoms with E-state index in [9.17, 15) is 14.9 Å². The van der Waals surface area contributed by atoms with E-state index in [-0.39, 0.29) is 29.4 Å². The molecule has 3 rings (SSSR count). The summed E-state index contributed by atoms with van der Waals surface area (Å²) >= 11 is 0. The highest BCUT2D eigenvalue weighted by Gasteiger charge is 2.59. The molecule has 1 atom stereocenters. The molecule has 7 heteroatoms. The summed E-state index contributed by atoms with van der Waals surface area (Å²) in [6.07, 6.45) is 0. The van der Waals surface area contributed by atoms with Gasteiger partial charge in [-0.3, -0.25) is 4.79 Å². The number of carbonyl (C=O) groups excluding carboxylic acids is 2. The van der Waals surface area contributed by atoms with E-state index in [1.807, 2.05) is 6.07 Å².